The first-order valence-electron chi connectivity index (χ1n) is 6.73. The van der Waals surface area contributed by atoms with E-state index in [1.54, 1.807) is 29.4 Å². The van der Waals surface area contributed by atoms with Gasteiger partial charge in [-0.2, -0.15) is 0 Å². The molecule has 6 heteroatoms. The molecular formula is C14H17N5O. The lowest BCUT2D eigenvalue weighted by Gasteiger charge is -2.11. The number of rotatable bonds is 5. The minimum absolute atomic E-state index is 0.0789. The van der Waals surface area contributed by atoms with Gasteiger partial charge in [-0.05, 0) is 43.0 Å². The Morgan fingerprint density at radius 3 is 2.55 bits per heavy atom. The number of nitrogens with one attached hydrogen (secondary N) is 1. The van der Waals surface area contributed by atoms with E-state index < -0.39 is 0 Å². The van der Waals surface area contributed by atoms with Crippen LogP contribution in [0.3, 0.4) is 0 Å². The molecule has 6 nitrogen and oxygen atoms in total. The van der Waals surface area contributed by atoms with Crippen LogP contribution in [-0.4, -0.2) is 33.3 Å². The zero-order valence-electron chi connectivity index (χ0n) is 11.1. The van der Waals surface area contributed by atoms with Crippen LogP contribution in [0.15, 0.2) is 36.9 Å². The molecule has 1 aliphatic carbocycles. The molecule has 0 radical (unpaired) electrons. The summed E-state index contributed by atoms with van der Waals surface area (Å²) in [5.74, 6) is 0.503. The van der Waals surface area contributed by atoms with Crippen LogP contribution < -0.4 is 11.1 Å². The Hall–Kier alpha value is -2.21. The Balaban J connectivity index is 1.60. The topological polar surface area (TPSA) is 85.8 Å². The Morgan fingerprint density at radius 2 is 1.95 bits per heavy atom. The van der Waals surface area contributed by atoms with Gasteiger partial charge >= 0.3 is 0 Å². The Morgan fingerprint density at radius 1 is 1.30 bits per heavy atom. The number of amides is 1. The van der Waals surface area contributed by atoms with Gasteiger partial charge in [-0.15, -0.1) is 10.2 Å². The maximum absolute atomic E-state index is 12.0. The summed E-state index contributed by atoms with van der Waals surface area (Å²) in [6.07, 6.45) is 5.60. The number of benzene rings is 1. The first kappa shape index (κ1) is 12.8. The average molecular weight is 271 g/mol. The lowest BCUT2D eigenvalue weighted by molar-refractivity contribution is 0.0950. The minimum Gasteiger partial charge on any atom is -0.350 e. The summed E-state index contributed by atoms with van der Waals surface area (Å²) in [7, 11) is 0. The van der Waals surface area contributed by atoms with Crippen molar-refractivity contribution in [3.63, 3.8) is 0 Å². The van der Waals surface area contributed by atoms with Crippen molar-refractivity contribution in [1.29, 1.82) is 0 Å². The van der Waals surface area contributed by atoms with E-state index in [9.17, 15) is 4.79 Å². The largest absolute Gasteiger partial charge is 0.350 e. The number of aromatic nitrogens is 3. The SMILES string of the molecule is NC(CNC(=O)c1ccc(-n2cnnc2)cc1)C1CC1. The lowest BCUT2D eigenvalue weighted by Crippen LogP contribution is -2.38. The predicted molar refractivity (Wildman–Crippen MR) is 74.4 cm³/mol. The van der Waals surface area contributed by atoms with Crippen molar-refractivity contribution in [2.45, 2.75) is 18.9 Å². The van der Waals surface area contributed by atoms with E-state index in [-0.39, 0.29) is 11.9 Å². The van der Waals surface area contributed by atoms with Crippen LogP contribution in [0.1, 0.15) is 23.2 Å². The molecule has 1 saturated carbocycles. The van der Waals surface area contributed by atoms with Crippen molar-refractivity contribution in [1.82, 2.24) is 20.1 Å². The van der Waals surface area contributed by atoms with Gasteiger partial charge in [0.05, 0.1) is 0 Å². The third kappa shape index (κ3) is 2.85. The first-order valence-corrected chi connectivity index (χ1v) is 6.73. The van der Waals surface area contributed by atoms with Gasteiger partial charge < -0.3 is 11.1 Å². The van der Waals surface area contributed by atoms with Crippen LogP contribution >= 0.6 is 0 Å². The molecule has 1 heterocycles. The molecule has 1 atom stereocenters. The van der Waals surface area contributed by atoms with E-state index in [4.69, 9.17) is 5.73 Å². The Kier molecular flexibility index (Phi) is 3.47. The van der Waals surface area contributed by atoms with Crippen molar-refractivity contribution < 1.29 is 4.79 Å². The Bertz CT molecular complexity index is 574. The molecule has 0 bridgehead atoms. The van der Waals surface area contributed by atoms with Gasteiger partial charge in [-0.25, -0.2) is 0 Å². The van der Waals surface area contributed by atoms with Crippen LogP contribution in [0, 0.1) is 5.92 Å². The molecule has 1 aromatic carbocycles. The maximum atomic E-state index is 12.0. The molecule has 1 fully saturated rings. The monoisotopic (exact) mass is 271 g/mol. The molecular weight excluding hydrogens is 254 g/mol. The summed E-state index contributed by atoms with van der Waals surface area (Å²) in [5, 5.41) is 10.4. The maximum Gasteiger partial charge on any atom is 0.251 e. The normalized spacial score (nSPS) is 15.8. The quantitative estimate of drug-likeness (QED) is 0.839. The molecule has 1 amide bonds. The second-order valence-electron chi connectivity index (χ2n) is 5.13. The molecule has 3 rings (SSSR count). The van der Waals surface area contributed by atoms with Gasteiger partial charge in [-0.1, -0.05) is 0 Å². The molecule has 104 valence electrons. The molecule has 3 N–H and O–H groups in total. The molecule has 2 aromatic rings. The fourth-order valence-electron chi connectivity index (χ4n) is 2.12. The van der Waals surface area contributed by atoms with E-state index in [1.807, 2.05) is 12.1 Å². The van der Waals surface area contributed by atoms with Gasteiger partial charge in [0.25, 0.3) is 5.91 Å². The number of carbonyl (C=O) groups is 1. The molecule has 0 aliphatic heterocycles. The van der Waals surface area contributed by atoms with Crippen LogP contribution in [0.4, 0.5) is 0 Å². The third-order valence-electron chi connectivity index (χ3n) is 3.57. The van der Waals surface area contributed by atoms with Crippen molar-refractivity contribution in [3.05, 3.63) is 42.5 Å². The summed E-state index contributed by atoms with van der Waals surface area (Å²) in [6, 6.07) is 7.37. The van der Waals surface area contributed by atoms with Gasteiger partial charge in [-0.3, -0.25) is 9.36 Å². The highest BCUT2D eigenvalue weighted by Gasteiger charge is 2.28. The van der Waals surface area contributed by atoms with Gasteiger partial charge in [0.2, 0.25) is 0 Å². The zero-order chi connectivity index (χ0) is 13.9. The van der Waals surface area contributed by atoms with E-state index in [1.165, 1.54) is 12.8 Å². The highest BCUT2D eigenvalue weighted by Crippen LogP contribution is 2.31. The molecule has 0 spiro atoms. The van der Waals surface area contributed by atoms with Crippen LogP contribution in [-0.2, 0) is 0 Å². The van der Waals surface area contributed by atoms with Crippen molar-refractivity contribution in [3.8, 4) is 5.69 Å². The smallest absolute Gasteiger partial charge is 0.251 e. The van der Waals surface area contributed by atoms with Crippen LogP contribution in [0.5, 0.6) is 0 Å². The summed E-state index contributed by atoms with van der Waals surface area (Å²) in [4.78, 5) is 12.0. The summed E-state index contributed by atoms with van der Waals surface area (Å²) >= 11 is 0. The fraction of sp³-hybridized carbons (Fsp3) is 0.357. The molecule has 1 unspecified atom stereocenters. The average Bonchev–Trinajstić information content (AvgIpc) is 3.19. The highest BCUT2D eigenvalue weighted by atomic mass is 16.1. The van der Waals surface area contributed by atoms with Crippen molar-refractivity contribution in [2.75, 3.05) is 6.54 Å². The summed E-state index contributed by atoms with van der Waals surface area (Å²) in [5.41, 5.74) is 7.51. The van der Waals surface area contributed by atoms with E-state index in [0.29, 0.717) is 18.0 Å². The lowest BCUT2D eigenvalue weighted by atomic mass is 10.1. The number of hydrogen-bond donors (Lipinski definition) is 2. The Labute approximate surface area is 117 Å². The fourth-order valence-corrected chi connectivity index (χ4v) is 2.12. The number of carbonyl (C=O) groups excluding carboxylic acids is 1. The van der Waals surface area contributed by atoms with Crippen LogP contribution in [0.25, 0.3) is 5.69 Å². The summed E-state index contributed by atoms with van der Waals surface area (Å²) in [6.45, 7) is 0.538. The minimum atomic E-state index is -0.0867. The standard InChI is InChI=1S/C14H17N5O/c15-13(10-1-2-10)7-16-14(20)11-3-5-12(6-4-11)19-8-17-18-9-19/h3-6,8-10,13H,1-2,7,15H2,(H,16,20). The molecule has 20 heavy (non-hydrogen) atoms. The number of nitrogens with zero attached hydrogens (tertiary/aromatic N) is 3. The van der Waals surface area contributed by atoms with Gasteiger partial charge in [0.1, 0.15) is 12.7 Å². The third-order valence-corrected chi connectivity index (χ3v) is 3.57. The van der Waals surface area contributed by atoms with Gasteiger partial charge in [0, 0.05) is 23.8 Å². The first-order chi connectivity index (χ1) is 9.74. The van der Waals surface area contributed by atoms with E-state index in [2.05, 4.69) is 15.5 Å². The number of nitrogens with two attached hydrogens (primary N) is 1. The van der Waals surface area contributed by atoms with E-state index >= 15 is 0 Å². The molecule has 0 saturated heterocycles. The summed E-state index contributed by atoms with van der Waals surface area (Å²) < 4.78 is 1.78. The van der Waals surface area contributed by atoms with E-state index in [0.717, 1.165) is 5.69 Å². The second kappa shape index (κ2) is 5.42. The predicted octanol–water partition coefficient (Wildman–Crippen LogP) is 0.734. The zero-order valence-corrected chi connectivity index (χ0v) is 11.1. The highest BCUT2D eigenvalue weighted by molar-refractivity contribution is 5.94. The number of hydrogen-bond acceptors (Lipinski definition) is 4. The van der Waals surface area contributed by atoms with Crippen molar-refractivity contribution in [2.24, 2.45) is 11.7 Å². The second-order valence-corrected chi connectivity index (χ2v) is 5.13. The van der Waals surface area contributed by atoms with Crippen LogP contribution in [0.2, 0.25) is 0 Å². The van der Waals surface area contributed by atoms with Crippen molar-refractivity contribution >= 4 is 5.91 Å². The van der Waals surface area contributed by atoms with Gasteiger partial charge in [0.15, 0.2) is 0 Å². The molecule has 1 aliphatic rings. The molecule has 1 aromatic heterocycles.